The topological polar surface area (TPSA) is 91.6 Å². The van der Waals surface area contributed by atoms with Crippen LogP contribution in [-0.4, -0.2) is 41.7 Å². The van der Waals surface area contributed by atoms with Crippen molar-refractivity contribution in [1.82, 2.24) is 5.32 Å². The molecule has 0 rings (SSSR count). The van der Waals surface area contributed by atoms with Gasteiger partial charge in [-0.3, -0.25) is 5.32 Å². The summed E-state index contributed by atoms with van der Waals surface area (Å²) >= 11 is 0. The number of ether oxygens (including phenoxy) is 1. The van der Waals surface area contributed by atoms with Crippen molar-refractivity contribution >= 4 is 19.8 Å². The Morgan fingerprint density at radius 1 is 1.19 bits per heavy atom. The number of alkyl carbamates (subject to hydrolysis) is 1. The number of amides is 1. The molecule has 120 valence electrons. The molecule has 1 amide bonds. The Hall–Kier alpha value is -1.34. The van der Waals surface area contributed by atoms with Gasteiger partial charge < -0.3 is 19.9 Å². The monoisotopic (exact) mass is 298 g/mol. The summed E-state index contributed by atoms with van der Waals surface area (Å²) in [6, 6.07) is 0. The molecule has 6 nitrogen and oxygen atoms in total. The van der Waals surface area contributed by atoms with Crippen molar-refractivity contribution in [3.05, 3.63) is 11.7 Å². The van der Waals surface area contributed by atoms with Gasteiger partial charge in [-0.25, -0.2) is 4.79 Å². The molecule has 21 heavy (non-hydrogen) atoms. The molecule has 0 spiro atoms. The Morgan fingerprint density at radius 2 is 1.71 bits per heavy atom. The molecule has 0 aromatic heterocycles. The molecule has 0 saturated carbocycles. The van der Waals surface area contributed by atoms with Gasteiger partial charge in [0.05, 0.1) is 11.2 Å². The summed E-state index contributed by atoms with van der Waals surface area (Å²) in [5, 5.41) is 19.8. The molecule has 0 aromatic carbocycles. The van der Waals surface area contributed by atoms with Crippen LogP contribution >= 0.6 is 0 Å². The van der Waals surface area contributed by atoms with Crippen LogP contribution in [0.4, 0.5) is 4.79 Å². The standard InChI is InChI=1S/C14H27BN2O4/c1-12(2,3)20-11(18)17-9-10(8-16)15-21-14(6,7)13(4,5)19/h8-9,15-16,19H,1-7H3,(H,17,18)/b10-9+,16-8?. The fourth-order valence-electron chi connectivity index (χ4n) is 1.02. The number of hydrogen-bond acceptors (Lipinski definition) is 5. The highest BCUT2D eigenvalue weighted by molar-refractivity contribution is 6.45. The number of carbonyl (C=O) groups is 1. The third-order valence-corrected chi connectivity index (χ3v) is 3.03. The van der Waals surface area contributed by atoms with E-state index in [1.807, 2.05) is 0 Å². The Balaban J connectivity index is 4.57. The van der Waals surface area contributed by atoms with Crippen molar-refractivity contribution in [3.8, 4) is 0 Å². The Labute approximate surface area is 127 Å². The van der Waals surface area contributed by atoms with Gasteiger partial charge in [-0.15, -0.1) is 0 Å². The zero-order valence-electron chi connectivity index (χ0n) is 14.0. The predicted molar refractivity (Wildman–Crippen MR) is 84.8 cm³/mol. The van der Waals surface area contributed by atoms with Crippen LogP contribution in [0, 0.1) is 5.41 Å². The first kappa shape index (κ1) is 19.7. The summed E-state index contributed by atoms with van der Waals surface area (Å²) < 4.78 is 10.7. The van der Waals surface area contributed by atoms with Gasteiger partial charge in [0.15, 0.2) is 0 Å². The van der Waals surface area contributed by atoms with Crippen LogP contribution in [0.5, 0.6) is 0 Å². The predicted octanol–water partition coefficient (Wildman–Crippen LogP) is 1.92. The minimum atomic E-state index is -1.03. The Bertz CT molecular complexity index is 406. The van der Waals surface area contributed by atoms with Gasteiger partial charge in [0.1, 0.15) is 5.60 Å². The first-order valence-corrected chi connectivity index (χ1v) is 6.84. The second kappa shape index (κ2) is 7.09. The maximum Gasteiger partial charge on any atom is 0.411 e. The van der Waals surface area contributed by atoms with Crippen molar-refractivity contribution in [1.29, 1.82) is 5.41 Å². The summed E-state index contributed by atoms with van der Waals surface area (Å²) in [4.78, 5) is 11.5. The average Bonchev–Trinajstić information content (AvgIpc) is 2.25. The first-order valence-electron chi connectivity index (χ1n) is 6.84. The van der Waals surface area contributed by atoms with Crippen LogP contribution in [0.15, 0.2) is 11.7 Å². The van der Waals surface area contributed by atoms with Crippen LogP contribution in [0.1, 0.15) is 48.5 Å². The van der Waals surface area contributed by atoms with Crippen LogP contribution in [0.3, 0.4) is 0 Å². The summed E-state index contributed by atoms with van der Waals surface area (Å²) in [5.41, 5.74) is -1.94. The minimum Gasteiger partial charge on any atom is -0.444 e. The fourth-order valence-corrected chi connectivity index (χ4v) is 1.02. The van der Waals surface area contributed by atoms with E-state index >= 15 is 0 Å². The van der Waals surface area contributed by atoms with Gasteiger partial charge in [0, 0.05) is 12.4 Å². The molecule has 0 saturated heterocycles. The SMILES string of the molecule is CC(C)(C)OC(=O)N/C=C(/BOC(C)(C)C(C)(C)O)C=N. The fraction of sp³-hybridized carbons (Fsp3) is 0.714. The van der Waals surface area contributed by atoms with E-state index in [1.165, 1.54) is 6.20 Å². The van der Waals surface area contributed by atoms with Gasteiger partial charge in [-0.2, -0.15) is 0 Å². The van der Waals surface area contributed by atoms with E-state index in [1.54, 1.807) is 48.5 Å². The number of nitrogens with one attached hydrogen (secondary N) is 2. The number of carbonyl (C=O) groups excluding carboxylic acids is 1. The lowest BCUT2D eigenvalue weighted by molar-refractivity contribution is -0.0895. The van der Waals surface area contributed by atoms with Crippen molar-refractivity contribution in [2.24, 2.45) is 0 Å². The minimum absolute atomic E-state index is 0.0935. The molecule has 3 N–H and O–H groups in total. The quantitative estimate of drug-likeness (QED) is 0.516. The van der Waals surface area contributed by atoms with E-state index in [9.17, 15) is 9.90 Å². The largest absolute Gasteiger partial charge is 0.444 e. The molecule has 0 aliphatic heterocycles. The summed E-state index contributed by atoms with van der Waals surface area (Å²) in [6.45, 7) is 12.1. The van der Waals surface area contributed by atoms with Crippen molar-refractivity contribution < 1.29 is 19.3 Å². The molecular weight excluding hydrogens is 271 g/mol. The van der Waals surface area contributed by atoms with E-state index in [2.05, 4.69) is 5.32 Å². The average molecular weight is 298 g/mol. The smallest absolute Gasteiger partial charge is 0.411 e. The highest BCUT2D eigenvalue weighted by Crippen LogP contribution is 2.24. The van der Waals surface area contributed by atoms with E-state index in [0.717, 1.165) is 6.21 Å². The molecule has 0 bridgehead atoms. The molecule has 0 aliphatic carbocycles. The third-order valence-electron chi connectivity index (χ3n) is 3.03. The molecule has 0 unspecified atom stereocenters. The van der Waals surface area contributed by atoms with Gasteiger partial charge in [-0.05, 0) is 53.9 Å². The maximum atomic E-state index is 11.5. The van der Waals surface area contributed by atoms with Crippen LogP contribution in [-0.2, 0) is 9.39 Å². The normalized spacial score (nSPS) is 13.6. The lowest BCUT2D eigenvalue weighted by Gasteiger charge is -2.37. The Kier molecular flexibility index (Phi) is 6.64. The molecule has 0 radical (unpaired) electrons. The van der Waals surface area contributed by atoms with E-state index in [0.29, 0.717) is 5.47 Å². The second-order valence-electron chi connectivity index (χ2n) is 6.87. The molecule has 0 fully saturated rings. The zero-order chi connectivity index (χ0) is 16.9. The van der Waals surface area contributed by atoms with Crippen LogP contribution in [0.25, 0.3) is 0 Å². The maximum absolute atomic E-state index is 11.5. The number of aliphatic hydroxyl groups is 1. The van der Waals surface area contributed by atoms with E-state index in [-0.39, 0.29) is 7.48 Å². The molecular formula is C14H27BN2O4. The second-order valence-corrected chi connectivity index (χ2v) is 6.87. The summed E-state index contributed by atoms with van der Waals surface area (Å²) in [6.07, 6.45) is 1.85. The van der Waals surface area contributed by atoms with Gasteiger partial charge in [0.25, 0.3) is 0 Å². The molecule has 7 heteroatoms. The van der Waals surface area contributed by atoms with Crippen LogP contribution < -0.4 is 5.32 Å². The van der Waals surface area contributed by atoms with Crippen molar-refractivity contribution in [2.75, 3.05) is 0 Å². The van der Waals surface area contributed by atoms with Crippen molar-refractivity contribution in [3.63, 3.8) is 0 Å². The number of allylic oxidation sites excluding steroid dienone is 1. The number of hydrogen-bond donors (Lipinski definition) is 3. The summed E-state index contributed by atoms with van der Waals surface area (Å²) in [5.74, 6) is 0. The molecule has 0 heterocycles. The van der Waals surface area contributed by atoms with Crippen molar-refractivity contribution in [2.45, 2.75) is 65.3 Å². The van der Waals surface area contributed by atoms with Gasteiger partial charge >= 0.3 is 13.6 Å². The molecule has 0 aliphatic rings. The molecule has 0 atom stereocenters. The number of rotatable bonds is 6. The lowest BCUT2D eigenvalue weighted by Crippen LogP contribution is -2.48. The van der Waals surface area contributed by atoms with E-state index in [4.69, 9.17) is 14.8 Å². The van der Waals surface area contributed by atoms with Gasteiger partial charge in [0.2, 0.25) is 0 Å². The third kappa shape index (κ3) is 7.87. The van der Waals surface area contributed by atoms with Gasteiger partial charge in [-0.1, -0.05) is 0 Å². The first-order chi connectivity index (χ1) is 9.28. The zero-order valence-corrected chi connectivity index (χ0v) is 14.0. The van der Waals surface area contributed by atoms with E-state index < -0.39 is 22.9 Å². The molecule has 0 aromatic rings. The Morgan fingerprint density at radius 3 is 2.10 bits per heavy atom. The highest BCUT2D eigenvalue weighted by atomic mass is 16.6. The lowest BCUT2D eigenvalue weighted by atomic mass is 9.83. The summed E-state index contributed by atoms with van der Waals surface area (Å²) in [7, 11) is 0.0935. The highest BCUT2D eigenvalue weighted by Gasteiger charge is 2.35. The van der Waals surface area contributed by atoms with Crippen LogP contribution in [0.2, 0.25) is 0 Å².